The molecule has 3 N–H and O–H groups in total. The first-order valence-electron chi connectivity index (χ1n) is 9.40. The molecule has 0 saturated heterocycles. The molecule has 0 spiro atoms. The topological polar surface area (TPSA) is 106 Å². The summed E-state index contributed by atoms with van der Waals surface area (Å²) in [5.41, 5.74) is 1.85. The quantitative estimate of drug-likeness (QED) is 0.417. The molecule has 0 aliphatic heterocycles. The highest BCUT2D eigenvalue weighted by atomic mass is 19.1. The first kappa shape index (κ1) is 20.4. The average molecular weight is 424 g/mol. The summed E-state index contributed by atoms with van der Waals surface area (Å²) in [5.74, 6) is 0.531. The van der Waals surface area contributed by atoms with Crippen molar-refractivity contribution >= 4 is 34.0 Å². The normalized spacial score (nSPS) is 11.0. The lowest BCUT2D eigenvalue weighted by molar-refractivity contribution is 0.185. The number of benzene rings is 1. The van der Waals surface area contributed by atoms with Crippen LogP contribution in [-0.4, -0.2) is 34.0 Å². The molecule has 1 aromatic carbocycles. The summed E-state index contributed by atoms with van der Waals surface area (Å²) in [6.07, 6.45) is 1.66. The van der Waals surface area contributed by atoms with Crippen molar-refractivity contribution in [1.82, 2.24) is 19.7 Å². The molecule has 9 nitrogen and oxygen atoms in total. The van der Waals surface area contributed by atoms with Gasteiger partial charge in [-0.25, -0.2) is 14.4 Å². The zero-order chi connectivity index (χ0) is 22.0. The third-order valence-electron chi connectivity index (χ3n) is 4.64. The highest BCUT2D eigenvalue weighted by Crippen LogP contribution is 2.33. The minimum atomic E-state index is -0.516. The second-order valence-corrected chi connectivity index (χ2v) is 6.81. The predicted octanol–water partition coefficient (Wildman–Crippen LogP) is 3.44. The highest BCUT2D eigenvalue weighted by Gasteiger charge is 2.16. The monoisotopic (exact) mass is 424 g/mol. The predicted molar refractivity (Wildman–Crippen MR) is 116 cm³/mol. The van der Waals surface area contributed by atoms with Crippen LogP contribution >= 0.6 is 0 Å². The van der Waals surface area contributed by atoms with Gasteiger partial charge in [0.1, 0.15) is 17.0 Å². The molecule has 31 heavy (non-hydrogen) atoms. The molecule has 0 bridgehead atoms. The van der Waals surface area contributed by atoms with E-state index >= 15 is 0 Å². The molecule has 0 radical (unpaired) electrons. The van der Waals surface area contributed by atoms with Gasteiger partial charge in [-0.05, 0) is 29.8 Å². The van der Waals surface area contributed by atoms with Gasteiger partial charge in [-0.1, -0.05) is 6.07 Å². The number of hydrogen-bond acceptors (Lipinski definition) is 7. The van der Waals surface area contributed by atoms with Crippen molar-refractivity contribution in [2.75, 3.05) is 24.9 Å². The number of methoxy groups -OCH3 is 2. The molecule has 0 saturated carbocycles. The maximum atomic E-state index is 14.1. The number of hydrogen-bond donors (Lipinski definition) is 3. The fourth-order valence-corrected chi connectivity index (χ4v) is 3.27. The number of pyridine rings is 2. The van der Waals surface area contributed by atoms with Gasteiger partial charge in [0.25, 0.3) is 5.56 Å². The molecule has 0 aliphatic carbocycles. The van der Waals surface area contributed by atoms with Crippen molar-refractivity contribution < 1.29 is 13.9 Å². The first-order chi connectivity index (χ1) is 15.0. The number of halogens is 1. The number of nitrogens with zero attached hydrogens (tertiary/aromatic N) is 3. The molecule has 0 unspecified atom stereocenters. The van der Waals surface area contributed by atoms with E-state index in [0.29, 0.717) is 40.7 Å². The van der Waals surface area contributed by atoms with E-state index < -0.39 is 5.82 Å². The van der Waals surface area contributed by atoms with Crippen molar-refractivity contribution in [2.24, 2.45) is 7.05 Å². The Labute approximate surface area is 176 Å². The second-order valence-electron chi connectivity index (χ2n) is 6.81. The van der Waals surface area contributed by atoms with Crippen LogP contribution in [0.1, 0.15) is 5.56 Å². The number of anilines is 4. The van der Waals surface area contributed by atoms with Gasteiger partial charge >= 0.3 is 0 Å². The Bertz CT molecular complexity index is 1300. The minimum absolute atomic E-state index is 0.0447. The molecule has 4 rings (SSSR count). The van der Waals surface area contributed by atoms with Crippen LogP contribution in [0.4, 0.5) is 27.4 Å². The lowest BCUT2D eigenvalue weighted by atomic mass is 10.2. The van der Waals surface area contributed by atoms with Crippen LogP contribution in [0, 0.1) is 5.82 Å². The van der Waals surface area contributed by atoms with E-state index in [0.717, 1.165) is 5.56 Å². The molecule has 160 valence electrons. The molecular weight excluding hydrogens is 403 g/mol. The van der Waals surface area contributed by atoms with Crippen LogP contribution in [0.25, 0.3) is 11.0 Å². The van der Waals surface area contributed by atoms with Gasteiger partial charge in [0, 0.05) is 26.4 Å². The van der Waals surface area contributed by atoms with E-state index in [4.69, 9.17) is 9.47 Å². The SMILES string of the molecule is COCc1ccnc(Nc2cc(Nc3cccc(F)c3OC)c3c(=O)n(C)[nH]c3n2)c1. The Balaban J connectivity index is 1.78. The average Bonchev–Trinajstić information content (AvgIpc) is 3.02. The smallest absolute Gasteiger partial charge is 0.277 e. The van der Waals surface area contributed by atoms with Gasteiger partial charge in [-0.2, -0.15) is 0 Å². The lowest BCUT2D eigenvalue weighted by Gasteiger charge is -2.13. The molecule has 0 atom stereocenters. The number of para-hydroxylation sites is 1. The van der Waals surface area contributed by atoms with Crippen molar-refractivity contribution in [3.05, 3.63) is 64.3 Å². The number of aryl methyl sites for hydroxylation is 1. The van der Waals surface area contributed by atoms with Crippen LogP contribution in [0.15, 0.2) is 47.4 Å². The van der Waals surface area contributed by atoms with Gasteiger partial charge in [-0.15, -0.1) is 0 Å². The zero-order valence-electron chi connectivity index (χ0n) is 17.2. The van der Waals surface area contributed by atoms with E-state index in [-0.39, 0.29) is 11.3 Å². The van der Waals surface area contributed by atoms with Gasteiger partial charge in [0.2, 0.25) is 0 Å². The van der Waals surface area contributed by atoms with Crippen LogP contribution in [0.2, 0.25) is 0 Å². The summed E-state index contributed by atoms with van der Waals surface area (Å²) in [6.45, 7) is 0.446. The molecule has 10 heteroatoms. The highest BCUT2D eigenvalue weighted by molar-refractivity contribution is 5.93. The standard InChI is InChI=1S/C21H21FN6O3/c1-28-21(29)18-15(24-14-6-4-5-13(22)19(14)31-3)10-17(26-20(18)27-28)25-16-9-12(11-30-2)7-8-23-16/h4-10H,11H2,1-3H3,(H3,23,24,25,26,27). The Morgan fingerprint density at radius 2 is 1.97 bits per heavy atom. The van der Waals surface area contributed by atoms with Crippen LogP contribution in [0.3, 0.4) is 0 Å². The van der Waals surface area contributed by atoms with E-state index in [9.17, 15) is 9.18 Å². The molecule has 3 heterocycles. The molecule has 0 amide bonds. The maximum absolute atomic E-state index is 14.1. The molecular formula is C21H21FN6O3. The van der Waals surface area contributed by atoms with Gasteiger partial charge < -0.3 is 20.1 Å². The molecule has 3 aromatic heterocycles. The van der Waals surface area contributed by atoms with E-state index in [1.807, 2.05) is 12.1 Å². The molecule has 0 aliphatic rings. The van der Waals surface area contributed by atoms with Crippen LogP contribution < -0.4 is 20.9 Å². The van der Waals surface area contributed by atoms with Gasteiger partial charge in [-0.3, -0.25) is 14.6 Å². The number of nitrogens with one attached hydrogen (secondary N) is 3. The summed E-state index contributed by atoms with van der Waals surface area (Å²) in [7, 11) is 4.60. The molecule has 4 aromatic rings. The first-order valence-corrected chi connectivity index (χ1v) is 9.40. The Morgan fingerprint density at radius 1 is 1.13 bits per heavy atom. The third-order valence-corrected chi connectivity index (χ3v) is 4.64. The summed E-state index contributed by atoms with van der Waals surface area (Å²) in [4.78, 5) is 21.4. The van der Waals surface area contributed by atoms with Crippen molar-refractivity contribution in [3.63, 3.8) is 0 Å². The Kier molecular flexibility index (Phi) is 5.54. The maximum Gasteiger partial charge on any atom is 0.277 e. The third kappa shape index (κ3) is 4.05. The largest absolute Gasteiger partial charge is 0.492 e. The number of aromatic nitrogens is 4. The van der Waals surface area contributed by atoms with Crippen molar-refractivity contribution in [1.29, 1.82) is 0 Å². The Morgan fingerprint density at radius 3 is 2.74 bits per heavy atom. The van der Waals surface area contributed by atoms with Crippen LogP contribution in [0.5, 0.6) is 5.75 Å². The number of rotatable bonds is 7. The van der Waals surface area contributed by atoms with E-state index in [1.165, 1.54) is 17.9 Å². The van der Waals surface area contributed by atoms with Gasteiger partial charge in [0.05, 0.1) is 25.1 Å². The van der Waals surface area contributed by atoms with Crippen LogP contribution in [-0.2, 0) is 18.4 Å². The summed E-state index contributed by atoms with van der Waals surface area (Å²) >= 11 is 0. The molecule has 0 fully saturated rings. The number of ether oxygens (including phenoxy) is 2. The number of H-pyrrole nitrogens is 1. The van der Waals surface area contributed by atoms with Crippen molar-refractivity contribution in [3.8, 4) is 5.75 Å². The van der Waals surface area contributed by atoms with E-state index in [1.54, 1.807) is 38.6 Å². The zero-order valence-corrected chi connectivity index (χ0v) is 17.2. The fourth-order valence-electron chi connectivity index (χ4n) is 3.27. The number of fused-ring (bicyclic) bond motifs is 1. The summed E-state index contributed by atoms with van der Waals surface area (Å²) in [6, 6.07) is 9.86. The van der Waals surface area contributed by atoms with E-state index in [2.05, 4.69) is 25.7 Å². The Hall–Kier alpha value is -3.92. The minimum Gasteiger partial charge on any atom is -0.492 e. The summed E-state index contributed by atoms with van der Waals surface area (Å²) in [5, 5.41) is 9.49. The van der Waals surface area contributed by atoms with Crippen molar-refractivity contribution in [2.45, 2.75) is 6.61 Å². The fraction of sp³-hybridized carbons (Fsp3) is 0.190. The second kappa shape index (κ2) is 8.44. The lowest BCUT2D eigenvalue weighted by Crippen LogP contribution is -2.12. The summed E-state index contributed by atoms with van der Waals surface area (Å²) < 4.78 is 25.8. The number of aromatic amines is 1. The van der Waals surface area contributed by atoms with Gasteiger partial charge in [0.15, 0.2) is 17.2 Å².